The molecule has 0 atom stereocenters. The molecule has 3 amide bonds. The van der Waals surface area contributed by atoms with E-state index >= 15 is 0 Å². The van der Waals surface area contributed by atoms with Crippen molar-refractivity contribution in [1.82, 2.24) is 10.4 Å². The number of urea groups is 1. The van der Waals surface area contributed by atoms with Gasteiger partial charge in [-0.25, -0.2) is 10.2 Å². The molecule has 3 aromatic rings. The number of anilines is 1. The largest absolute Gasteiger partial charge is 0.490 e. The van der Waals surface area contributed by atoms with Crippen molar-refractivity contribution in [3.05, 3.63) is 75.1 Å². The van der Waals surface area contributed by atoms with E-state index in [1.165, 1.54) is 6.07 Å². The van der Waals surface area contributed by atoms with Gasteiger partial charge in [-0.05, 0) is 67.2 Å². The highest BCUT2D eigenvalue weighted by atomic mass is 35.5. The number of benzene rings is 3. The number of rotatable bonds is 5. The highest BCUT2D eigenvalue weighted by Gasteiger charge is 2.34. The molecule has 0 saturated carbocycles. The van der Waals surface area contributed by atoms with Gasteiger partial charge in [-0.3, -0.25) is 4.79 Å². The quantitative estimate of drug-likeness (QED) is 0.277. The van der Waals surface area contributed by atoms with Crippen molar-refractivity contribution in [3.63, 3.8) is 0 Å². The van der Waals surface area contributed by atoms with Gasteiger partial charge >= 0.3 is 6.03 Å². The molecule has 1 saturated heterocycles. The van der Waals surface area contributed by atoms with Crippen LogP contribution in [0.1, 0.15) is 19.4 Å². The number of hydrogen-bond acceptors (Lipinski definition) is 5. The van der Waals surface area contributed by atoms with E-state index in [1.54, 1.807) is 18.2 Å². The number of hydrogen-bond donors (Lipinski definition) is 2. The smallest absolute Gasteiger partial charge is 0.338 e. The summed E-state index contributed by atoms with van der Waals surface area (Å²) >= 11 is 18.3. The second-order valence-electron chi connectivity index (χ2n) is 7.58. The molecule has 1 fully saturated rings. The summed E-state index contributed by atoms with van der Waals surface area (Å²) in [5, 5.41) is 6.25. The third-order valence-corrected chi connectivity index (χ3v) is 6.79. The van der Waals surface area contributed by atoms with Crippen LogP contribution in [0.2, 0.25) is 10.0 Å². The summed E-state index contributed by atoms with van der Waals surface area (Å²) < 4.78 is 6.19. The number of amides is 3. The molecule has 4 rings (SSSR count). The Hall–Kier alpha value is -2.78. The van der Waals surface area contributed by atoms with E-state index in [0.29, 0.717) is 26.4 Å². The minimum Gasteiger partial charge on any atom is -0.490 e. The number of fused-ring (bicyclic) bond motifs is 1. The van der Waals surface area contributed by atoms with E-state index in [-0.39, 0.29) is 10.4 Å². The highest BCUT2D eigenvalue weighted by Crippen LogP contribution is 2.36. The van der Waals surface area contributed by atoms with Gasteiger partial charge in [-0.1, -0.05) is 65.3 Å². The molecule has 0 unspecified atom stereocenters. The molecule has 174 valence electrons. The summed E-state index contributed by atoms with van der Waals surface area (Å²) in [4.78, 5) is 25.9. The van der Waals surface area contributed by atoms with E-state index in [2.05, 4.69) is 10.7 Å². The molecule has 3 aromatic carbocycles. The molecule has 1 heterocycles. The van der Waals surface area contributed by atoms with Gasteiger partial charge < -0.3 is 10.1 Å². The topological polar surface area (TPSA) is 70.7 Å². The van der Waals surface area contributed by atoms with Crippen LogP contribution in [0.4, 0.5) is 10.5 Å². The predicted molar refractivity (Wildman–Crippen MR) is 143 cm³/mol. The molecule has 1 aliphatic heterocycles. The number of thiocarbonyl (C=S) groups is 1. The first-order valence-corrected chi connectivity index (χ1v) is 12.2. The van der Waals surface area contributed by atoms with Gasteiger partial charge in [0, 0.05) is 11.3 Å². The van der Waals surface area contributed by atoms with E-state index in [0.717, 1.165) is 33.1 Å². The average Bonchev–Trinajstić information content (AvgIpc) is 3.05. The van der Waals surface area contributed by atoms with Crippen LogP contribution in [0.25, 0.3) is 16.8 Å². The lowest BCUT2D eigenvalue weighted by molar-refractivity contribution is -0.123. The Kier molecular flexibility index (Phi) is 7.33. The first kappa shape index (κ1) is 24.3. The van der Waals surface area contributed by atoms with Gasteiger partial charge in [0.15, 0.2) is 4.32 Å². The van der Waals surface area contributed by atoms with Gasteiger partial charge in [0.1, 0.15) is 5.75 Å². The minimum atomic E-state index is -0.648. The normalized spacial score (nSPS) is 14.9. The molecular weight excluding hydrogens is 513 g/mol. The van der Waals surface area contributed by atoms with Crippen LogP contribution >= 0.6 is 47.2 Å². The van der Waals surface area contributed by atoms with Crippen LogP contribution in [0.5, 0.6) is 5.75 Å². The van der Waals surface area contributed by atoms with Crippen molar-refractivity contribution in [2.24, 2.45) is 0 Å². The Labute approximate surface area is 216 Å². The Morgan fingerprint density at radius 1 is 1.12 bits per heavy atom. The number of carbonyl (C=O) groups is 2. The van der Waals surface area contributed by atoms with Crippen LogP contribution in [0, 0.1) is 0 Å². The van der Waals surface area contributed by atoms with Gasteiger partial charge in [0.25, 0.3) is 5.91 Å². The zero-order valence-corrected chi connectivity index (χ0v) is 21.2. The molecule has 0 bridgehead atoms. The Morgan fingerprint density at radius 2 is 1.88 bits per heavy atom. The summed E-state index contributed by atoms with van der Waals surface area (Å²) in [6.45, 7) is 3.88. The van der Waals surface area contributed by atoms with E-state index < -0.39 is 11.9 Å². The molecule has 0 radical (unpaired) electrons. The first-order valence-electron chi connectivity index (χ1n) is 10.2. The van der Waals surface area contributed by atoms with Crippen molar-refractivity contribution >= 4 is 86.0 Å². The molecular formula is C24H19Cl2N3O3S2. The summed E-state index contributed by atoms with van der Waals surface area (Å²) in [6.07, 6.45) is 1.70. The Morgan fingerprint density at radius 3 is 2.62 bits per heavy atom. The summed E-state index contributed by atoms with van der Waals surface area (Å²) in [5.41, 5.74) is 3.67. The Balaban J connectivity index is 1.59. The third-order valence-electron chi connectivity index (χ3n) is 4.75. The highest BCUT2D eigenvalue weighted by molar-refractivity contribution is 8.26. The Bertz CT molecular complexity index is 1340. The third kappa shape index (κ3) is 5.31. The second-order valence-corrected chi connectivity index (χ2v) is 10.1. The van der Waals surface area contributed by atoms with E-state index in [1.807, 2.05) is 50.2 Å². The van der Waals surface area contributed by atoms with Crippen LogP contribution in [0.15, 0.2) is 59.5 Å². The predicted octanol–water partition coefficient (Wildman–Crippen LogP) is 6.87. The maximum Gasteiger partial charge on any atom is 0.338 e. The van der Waals surface area contributed by atoms with Crippen LogP contribution in [-0.4, -0.2) is 27.4 Å². The molecule has 10 heteroatoms. The maximum atomic E-state index is 13.1. The molecule has 0 spiro atoms. The molecule has 1 aliphatic rings. The number of nitrogens with zero attached hydrogens (tertiary/aromatic N) is 1. The monoisotopic (exact) mass is 531 g/mol. The standard InChI is InChI=1S/C24H19Cl2N3O3S2/c1-13(2)32-20-10-7-14-5-3-4-6-16(14)17(20)12-21-22(30)29(24(33)34-21)28-23(31)27-15-8-9-18(25)19(26)11-15/h3-13H,1-2H3,(H2,27,28,31)/b21-12+. The fourth-order valence-electron chi connectivity index (χ4n) is 3.31. The molecule has 2 N–H and O–H groups in total. The zero-order chi connectivity index (χ0) is 24.4. The molecule has 6 nitrogen and oxygen atoms in total. The second kappa shape index (κ2) is 10.2. The first-order chi connectivity index (χ1) is 16.2. The number of halogens is 2. The number of nitrogens with one attached hydrogen (secondary N) is 2. The fourth-order valence-corrected chi connectivity index (χ4v) is 4.77. The van der Waals surface area contributed by atoms with Gasteiger partial charge in [0.2, 0.25) is 0 Å². The van der Waals surface area contributed by atoms with Crippen molar-refractivity contribution in [2.75, 3.05) is 5.32 Å². The summed E-state index contributed by atoms with van der Waals surface area (Å²) in [5.74, 6) is 0.215. The lowest BCUT2D eigenvalue weighted by Crippen LogP contribution is -2.46. The van der Waals surface area contributed by atoms with E-state index in [4.69, 9.17) is 40.2 Å². The van der Waals surface area contributed by atoms with Crippen LogP contribution in [0.3, 0.4) is 0 Å². The van der Waals surface area contributed by atoms with Crippen LogP contribution < -0.4 is 15.5 Å². The van der Waals surface area contributed by atoms with Gasteiger partial charge in [-0.2, -0.15) is 5.01 Å². The van der Waals surface area contributed by atoms with E-state index in [9.17, 15) is 9.59 Å². The molecule has 0 aliphatic carbocycles. The van der Waals surface area contributed by atoms with Crippen molar-refractivity contribution in [2.45, 2.75) is 20.0 Å². The zero-order valence-electron chi connectivity index (χ0n) is 18.1. The summed E-state index contributed by atoms with van der Waals surface area (Å²) in [7, 11) is 0. The number of carbonyl (C=O) groups excluding carboxylic acids is 2. The van der Waals surface area contributed by atoms with Crippen molar-refractivity contribution < 1.29 is 14.3 Å². The van der Waals surface area contributed by atoms with Gasteiger partial charge in [-0.15, -0.1) is 0 Å². The lowest BCUT2D eigenvalue weighted by atomic mass is 10.0. The fraction of sp³-hybridized carbons (Fsp3) is 0.125. The minimum absolute atomic E-state index is 0.0467. The number of thioether (sulfide) groups is 1. The summed E-state index contributed by atoms with van der Waals surface area (Å²) in [6, 6.07) is 15.7. The maximum absolute atomic E-state index is 13.1. The molecule has 34 heavy (non-hydrogen) atoms. The average molecular weight is 532 g/mol. The lowest BCUT2D eigenvalue weighted by Gasteiger charge is -2.16. The number of ether oxygens (including phenoxy) is 1. The van der Waals surface area contributed by atoms with Gasteiger partial charge in [0.05, 0.1) is 21.1 Å². The van der Waals surface area contributed by atoms with Crippen molar-refractivity contribution in [3.8, 4) is 5.75 Å². The number of hydrazine groups is 1. The molecule has 0 aromatic heterocycles. The SMILES string of the molecule is CC(C)Oc1ccc2ccccc2c1/C=C1/SC(=S)N(NC(=O)Nc2ccc(Cl)c(Cl)c2)C1=O. The van der Waals surface area contributed by atoms with Crippen LogP contribution in [-0.2, 0) is 4.79 Å². The van der Waals surface area contributed by atoms with Crippen molar-refractivity contribution in [1.29, 1.82) is 0 Å².